The lowest BCUT2D eigenvalue weighted by Crippen LogP contribution is -2.22. The van der Waals surface area contributed by atoms with Gasteiger partial charge in [0.25, 0.3) is 5.91 Å². The van der Waals surface area contributed by atoms with Crippen LogP contribution in [0.2, 0.25) is 0 Å². The van der Waals surface area contributed by atoms with Crippen LogP contribution in [0.5, 0.6) is 0 Å². The number of carbonyl (C=O) groups is 1. The maximum absolute atomic E-state index is 12.3. The number of nitrogens with one attached hydrogen (secondary N) is 2. The molecule has 28 heavy (non-hydrogen) atoms. The smallest absolute Gasteiger partial charge is 0.255 e. The number of hydrogen-bond acceptors (Lipinski definition) is 5. The van der Waals surface area contributed by atoms with Crippen molar-refractivity contribution in [2.24, 2.45) is 0 Å². The summed E-state index contributed by atoms with van der Waals surface area (Å²) in [6, 6.07) is 11.9. The van der Waals surface area contributed by atoms with E-state index in [1.54, 1.807) is 31.2 Å². The molecule has 2 aromatic rings. The van der Waals surface area contributed by atoms with Gasteiger partial charge in [-0.1, -0.05) is 6.92 Å². The highest BCUT2D eigenvalue weighted by Crippen LogP contribution is 2.18. The first-order valence-corrected chi connectivity index (χ1v) is 11.6. The Labute approximate surface area is 165 Å². The molecule has 0 aliphatic carbocycles. The number of hydrogen-bond donors (Lipinski definition) is 2. The summed E-state index contributed by atoms with van der Waals surface area (Å²) in [7, 11) is -4.07. The lowest BCUT2D eigenvalue weighted by molar-refractivity contribution is 0.102. The summed E-state index contributed by atoms with van der Waals surface area (Å²) >= 11 is 0. The molecular weight excluding hydrogens is 402 g/mol. The van der Waals surface area contributed by atoms with Gasteiger partial charge in [0.05, 0.1) is 10.6 Å². The van der Waals surface area contributed by atoms with E-state index in [-0.39, 0.29) is 10.6 Å². The largest absolute Gasteiger partial charge is 0.322 e. The second kappa shape index (κ2) is 8.72. The summed E-state index contributed by atoms with van der Waals surface area (Å²) in [4.78, 5) is 12.4. The van der Waals surface area contributed by atoms with E-state index in [1.807, 2.05) is 0 Å². The second-order valence-corrected chi connectivity index (χ2v) is 10.3. The fraction of sp³-hybridized carbons (Fsp3) is 0.278. The van der Waals surface area contributed by atoms with Crippen LogP contribution in [-0.2, 0) is 20.0 Å². The Morgan fingerprint density at radius 3 is 1.93 bits per heavy atom. The Bertz CT molecular complexity index is 1030. The third kappa shape index (κ3) is 5.54. The van der Waals surface area contributed by atoms with Gasteiger partial charge >= 0.3 is 0 Å². The van der Waals surface area contributed by atoms with Crippen LogP contribution in [-0.4, -0.2) is 46.9 Å². The number of nitrogens with zero attached hydrogens (tertiary/aromatic N) is 1. The fourth-order valence-electron chi connectivity index (χ4n) is 2.31. The van der Waals surface area contributed by atoms with Crippen LogP contribution in [0.4, 0.5) is 11.4 Å². The minimum atomic E-state index is -3.56. The van der Waals surface area contributed by atoms with Crippen LogP contribution >= 0.6 is 0 Å². The highest BCUT2D eigenvalue weighted by molar-refractivity contribution is 7.92. The molecule has 0 bridgehead atoms. The molecule has 0 radical (unpaired) electrons. The average molecular weight is 426 g/mol. The van der Waals surface area contributed by atoms with Crippen LogP contribution in [0.25, 0.3) is 0 Å². The number of amides is 1. The Morgan fingerprint density at radius 1 is 0.893 bits per heavy atom. The minimum absolute atomic E-state index is 0.0328. The molecule has 152 valence electrons. The van der Waals surface area contributed by atoms with E-state index in [0.29, 0.717) is 23.4 Å². The molecule has 0 aliphatic rings. The summed E-state index contributed by atoms with van der Waals surface area (Å²) < 4.78 is 51.2. The van der Waals surface area contributed by atoms with Crippen LogP contribution < -0.4 is 10.0 Å². The van der Waals surface area contributed by atoms with Crippen molar-refractivity contribution in [2.75, 3.05) is 29.9 Å². The first-order valence-electron chi connectivity index (χ1n) is 8.49. The molecule has 2 rings (SSSR count). The molecule has 8 nitrogen and oxygen atoms in total. The van der Waals surface area contributed by atoms with Crippen molar-refractivity contribution in [2.45, 2.75) is 18.2 Å². The van der Waals surface area contributed by atoms with Crippen molar-refractivity contribution in [3.05, 3.63) is 54.1 Å². The van der Waals surface area contributed by atoms with Crippen molar-refractivity contribution in [3.8, 4) is 0 Å². The van der Waals surface area contributed by atoms with Gasteiger partial charge in [-0.3, -0.25) is 9.52 Å². The minimum Gasteiger partial charge on any atom is -0.322 e. The van der Waals surface area contributed by atoms with Crippen molar-refractivity contribution in [1.82, 2.24) is 4.31 Å². The van der Waals surface area contributed by atoms with E-state index in [0.717, 1.165) is 4.31 Å². The Kier molecular flexibility index (Phi) is 6.81. The van der Waals surface area contributed by atoms with Crippen molar-refractivity contribution >= 4 is 37.3 Å². The van der Waals surface area contributed by atoms with Crippen molar-refractivity contribution in [1.29, 1.82) is 0 Å². The van der Waals surface area contributed by atoms with Gasteiger partial charge in [-0.25, -0.2) is 21.1 Å². The maximum atomic E-state index is 12.3. The van der Waals surface area contributed by atoms with Crippen LogP contribution in [0, 0.1) is 0 Å². The molecule has 1 amide bonds. The zero-order chi connectivity index (χ0) is 20.9. The number of rotatable bonds is 8. The molecule has 10 heteroatoms. The molecule has 0 aliphatic heterocycles. The summed E-state index contributed by atoms with van der Waals surface area (Å²) in [6.07, 6.45) is 0.512. The lowest BCUT2D eigenvalue weighted by atomic mass is 10.2. The molecule has 0 spiro atoms. The van der Waals surface area contributed by atoms with E-state index in [9.17, 15) is 21.6 Å². The SMILES string of the molecule is CCCS(=O)(=O)Nc1ccc(NC(=O)c2ccc(S(=O)(=O)N(C)C)cc2)cc1. The molecular formula is C18H23N3O5S2. The maximum Gasteiger partial charge on any atom is 0.255 e. The van der Waals surface area contributed by atoms with Gasteiger partial charge in [0, 0.05) is 31.0 Å². The first-order chi connectivity index (χ1) is 13.0. The van der Waals surface area contributed by atoms with E-state index < -0.39 is 26.0 Å². The molecule has 0 saturated carbocycles. The van der Waals surface area contributed by atoms with E-state index in [4.69, 9.17) is 0 Å². The van der Waals surface area contributed by atoms with Gasteiger partial charge in [-0.2, -0.15) is 0 Å². The molecule has 0 fully saturated rings. The highest BCUT2D eigenvalue weighted by atomic mass is 32.2. The third-order valence-corrected chi connectivity index (χ3v) is 7.11. The van der Waals surface area contributed by atoms with Gasteiger partial charge < -0.3 is 5.32 Å². The van der Waals surface area contributed by atoms with Gasteiger partial charge in [-0.05, 0) is 55.0 Å². The zero-order valence-corrected chi connectivity index (χ0v) is 17.5. The molecule has 2 N–H and O–H groups in total. The van der Waals surface area contributed by atoms with E-state index in [2.05, 4.69) is 10.0 Å². The monoisotopic (exact) mass is 425 g/mol. The lowest BCUT2D eigenvalue weighted by Gasteiger charge is -2.12. The second-order valence-electron chi connectivity index (χ2n) is 6.26. The van der Waals surface area contributed by atoms with Gasteiger partial charge in [0.1, 0.15) is 0 Å². The Morgan fingerprint density at radius 2 is 1.43 bits per heavy atom. The summed E-state index contributed by atoms with van der Waals surface area (Å²) in [5.74, 6) is -0.376. The number of sulfonamides is 2. The summed E-state index contributed by atoms with van der Waals surface area (Å²) in [6.45, 7) is 1.78. The van der Waals surface area contributed by atoms with Gasteiger partial charge in [-0.15, -0.1) is 0 Å². The van der Waals surface area contributed by atoms with Gasteiger partial charge in [0.2, 0.25) is 20.0 Å². The summed E-state index contributed by atoms with van der Waals surface area (Å²) in [5, 5.41) is 2.68. The van der Waals surface area contributed by atoms with Crippen LogP contribution in [0.15, 0.2) is 53.4 Å². The highest BCUT2D eigenvalue weighted by Gasteiger charge is 2.17. The summed E-state index contributed by atoms with van der Waals surface area (Å²) in [5.41, 5.74) is 1.18. The predicted molar refractivity (Wildman–Crippen MR) is 109 cm³/mol. The quantitative estimate of drug-likeness (QED) is 0.674. The standard InChI is InChI=1S/C18H23N3O5S2/c1-4-13-27(23,24)20-16-9-7-15(8-10-16)19-18(22)14-5-11-17(12-6-14)28(25,26)21(2)3/h5-12,20H,4,13H2,1-3H3,(H,19,22). The third-order valence-electron chi connectivity index (χ3n) is 3.78. The van der Waals surface area contributed by atoms with Crippen molar-refractivity contribution < 1.29 is 21.6 Å². The molecule has 0 saturated heterocycles. The molecule has 0 heterocycles. The molecule has 0 aromatic heterocycles. The van der Waals surface area contributed by atoms with Crippen molar-refractivity contribution in [3.63, 3.8) is 0 Å². The average Bonchev–Trinajstić information content (AvgIpc) is 2.63. The number of carbonyl (C=O) groups excluding carboxylic acids is 1. The normalized spacial score (nSPS) is 12.0. The predicted octanol–water partition coefficient (Wildman–Crippen LogP) is 2.34. The van der Waals surface area contributed by atoms with E-state index in [1.165, 1.54) is 38.4 Å². The number of benzene rings is 2. The molecule has 2 aromatic carbocycles. The zero-order valence-electron chi connectivity index (χ0n) is 15.8. The molecule has 0 unspecified atom stereocenters. The van der Waals surface area contributed by atoms with Crippen LogP contribution in [0.1, 0.15) is 23.7 Å². The molecule has 0 atom stereocenters. The van der Waals surface area contributed by atoms with Crippen LogP contribution in [0.3, 0.4) is 0 Å². The Balaban J connectivity index is 2.07. The topological polar surface area (TPSA) is 113 Å². The first kappa shape index (κ1) is 21.9. The van der Waals surface area contributed by atoms with Gasteiger partial charge in [0.15, 0.2) is 0 Å². The van der Waals surface area contributed by atoms with E-state index >= 15 is 0 Å². The Hall–Kier alpha value is -2.43. The number of anilines is 2. The fourth-order valence-corrected chi connectivity index (χ4v) is 4.35.